The molecule has 2 atom stereocenters. The van der Waals surface area contributed by atoms with Crippen molar-refractivity contribution in [3.8, 4) is 11.8 Å². The van der Waals surface area contributed by atoms with E-state index in [1.807, 2.05) is 4.90 Å². The number of anilines is 1. The number of ether oxygens (including phenoxy) is 7. The van der Waals surface area contributed by atoms with Gasteiger partial charge in [0.05, 0.1) is 93.4 Å². The largest absolute Gasteiger partial charge is 0.492 e. The van der Waals surface area contributed by atoms with E-state index >= 15 is 0 Å². The van der Waals surface area contributed by atoms with Gasteiger partial charge in [0.25, 0.3) is 50.6 Å². The molecule has 91 heavy (non-hydrogen) atoms. The summed E-state index contributed by atoms with van der Waals surface area (Å²) in [6, 6.07) is 11.5. The number of methoxy groups -OCH3 is 2. The van der Waals surface area contributed by atoms with Gasteiger partial charge in [-0.2, -0.15) is 46.7 Å². The Morgan fingerprint density at radius 1 is 0.549 bits per heavy atom. The van der Waals surface area contributed by atoms with E-state index in [9.17, 15) is 79.9 Å². The van der Waals surface area contributed by atoms with Gasteiger partial charge in [-0.1, -0.05) is 24.3 Å². The number of hydrogen-bond donors (Lipinski definition) is 7. The van der Waals surface area contributed by atoms with Gasteiger partial charge in [0, 0.05) is 84.8 Å². The molecule has 0 saturated carbocycles. The highest BCUT2D eigenvalue weighted by Gasteiger charge is 2.50. The van der Waals surface area contributed by atoms with Crippen LogP contribution in [0, 0.1) is 0 Å². The molecule has 0 saturated heterocycles. The third-order valence-corrected chi connectivity index (χ3v) is 19.4. The van der Waals surface area contributed by atoms with Crippen LogP contribution in [-0.2, 0) is 99.4 Å². The highest BCUT2D eigenvalue weighted by atomic mass is 32.2. The highest BCUT2D eigenvalue weighted by Crippen LogP contribution is 2.54. The summed E-state index contributed by atoms with van der Waals surface area (Å²) in [5.41, 5.74) is -0.215. The molecule has 0 fully saturated rings. The average Bonchev–Trinajstić information content (AvgIpc) is 1.58. The van der Waals surface area contributed by atoms with Crippen LogP contribution in [0.3, 0.4) is 0 Å². The molecule has 7 N–H and O–H groups in total. The summed E-state index contributed by atoms with van der Waals surface area (Å²) >= 11 is 0. The molecule has 7 rings (SSSR count). The predicted molar refractivity (Wildman–Crippen MR) is 327 cm³/mol. The standard InChI is InChI=1S/C57H71N3O26S5/c1-56(18-8-34-87(64,65)66)49(58(20-24-79-3)45-13-11-41-43(54(45)56)35-39(88(67,68)69)37-47(41)90(73,74)75)9-6-5-7-10-50-57(2,19-23-82-29-31-85-33-32-84-27-26-80-4)55-44-36-40(89(70,71)72)38-48(91(76,77)78)42(44)12-14-46(55)59(50)21-25-83-30-28-81-22-17-53(63)86-60-51(61)15-16-52(60)62/h5-7,9-16,35-38H,8,17-34H2,1-4H3,(H6-,61,62,64,65,66,67,68,69,70,71,72,73,74,75,76,77,78)/p+1. The fourth-order valence-corrected chi connectivity index (χ4v) is 14.3. The summed E-state index contributed by atoms with van der Waals surface area (Å²) in [4.78, 5) is 15.8. The van der Waals surface area contributed by atoms with Crippen LogP contribution >= 0.6 is 0 Å². The molecule has 34 heteroatoms. The molecule has 2 unspecified atom stereocenters. The summed E-state index contributed by atoms with van der Waals surface area (Å²) in [6.45, 7) is 5.20. The third kappa shape index (κ3) is 17.7. The first-order chi connectivity index (χ1) is 42.8. The average molecular weight is 1380 g/mol. The van der Waals surface area contributed by atoms with Crippen molar-refractivity contribution >= 4 is 95.2 Å². The van der Waals surface area contributed by atoms with Gasteiger partial charge in [-0.25, -0.2) is 4.79 Å². The number of carbonyl (C=O) groups excluding carboxylic acids is 1. The molecular formula is C57H72N3O26S5+. The van der Waals surface area contributed by atoms with E-state index in [2.05, 4.69) is 0 Å². The molecule has 0 spiro atoms. The quantitative estimate of drug-likeness (QED) is 0.0122. The van der Waals surface area contributed by atoms with E-state index in [0.717, 1.165) is 24.3 Å². The summed E-state index contributed by atoms with van der Waals surface area (Å²) in [6.07, 6.45) is 7.86. The molecular weight excluding hydrogens is 1300 g/mol. The third-order valence-electron chi connectivity index (χ3n) is 15.2. The number of hydrogen-bond acceptors (Lipinski definition) is 22. The Balaban J connectivity index is 1.30. The first-order valence-corrected chi connectivity index (χ1v) is 35.4. The van der Waals surface area contributed by atoms with E-state index in [1.165, 1.54) is 25.3 Å². The minimum absolute atomic E-state index is 0.00366. The molecule has 0 aliphatic carbocycles. The van der Waals surface area contributed by atoms with Crippen LogP contribution in [-0.4, -0.2) is 208 Å². The Morgan fingerprint density at radius 3 is 1.60 bits per heavy atom. The van der Waals surface area contributed by atoms with Gasteiger partial charge in [0.15, 0.2) is 12.3 Å². The predicted octanol–water partition coefficient (Wildman–Crippen LogP) is 4.80. The Hall–Kier alpha value is -6.29. The fraction of sp³-hybridized carbons (Fsp3) is 0.439. The van der Waals surface area contributed by atoms with Crippen molar-refractivity contribution in [2.75, 3.05) is 117 Å². The van der Waals surface area contributed by atoms with E-state index in [4.69, 9.17) is 38.0 Å². The zero-order chi connectivity index (χ0) is 66.7. The number of carbonyl (C=O) groups is 1. The monoisotopic (exact) mass is 1370 g/mol. The van der Waals surface area contributed by atoms with Crippen LogP contribution in [0.5, 0.6) is 11.8 Å². The number of fused-ring (bicyclic) bond motifs is 6. The lowest BCUT2D eigenvalue weighted by Crippen LogP contribution is -2.32. The lowest BCUT2D eigenvalue weighted by molar-refractivity contribution is -0.441. The zero-order valence-electron chi connectivity index (χ0n) is 49.9. The molecule has 1 aromatic heterocycles. The Labute approximate surface area is 526 Å². The molecule has 29 nitrogen and oxygen atoms in total. The van der Waals surface area contributed by atoms with Crippen LogP contribution in [0.4, 0.5) is 11.4 Å². The lowest BCUT2D eigenvalue weighted by Gasteiger charge is -2.31. The maximum Gasteiger partial charge on any atom is 0.335 e. The van der Waals surface area contributed by atoms with Crippen LogP contribution in [0.2, 0.25) is 0 Å². The molecule has 2 aliphatic heterocycles. The van der Waals surface area contributed by atoms with Gasteiger partial charge >= 0.3 is 5.97 Å². The van der Waals surface area contributed by atoms with E-state index < -0.39 is 104 Å². The van der Waals surface area contributed by atoms with Crippen molar-refractivity contribution in [3.63, 3.8) is 0 Å². The topological polar surface area (TPSA) is 414 Å². The lowest BCUT2D eigenvalue weighted by atomic mass is 9.74. The number of benzene rings is 4. The molecule has 5 aromatic rings. The van der Waals surface area contributed by atoms with Crippen LogP contribution in [0.15, 0.2) is 116 Å². The second-order valence-corrected chi connectivity index (χ2v) is 28.4. The van der Waals surface area contributed by atoms with Crippen molar-refractivity contribution in [3.05, 3.63) is 108 Å². The molecule has 2 aliphatic rings. The van der Waals surface area contributed by atoms with Gasteiger partial charge in [-0.3, -0.25) is 22.8 Å². The van der Waals surface area contributed by atoms with Crippen molar-refractivity contribution in [1.82, 2.24) is 4.73 Å². The maximum absolute atomic E-state index is 13.0. The summed E-state index contributed by atoms with van der Waals surface area (Å²) in [5, 5.41) is 19.3. The van der Waals surface area contributed by atoms with Gasteiger partial charge in [0.1, 0.15) is 16.4 Å². The van der Waals surface area contributed by atoms with Crippen LogP contribution in [0.1, 0.15) is 50.7 Å². The van der Waals surface area contributed by atoms with Crippen molar-refractivity contribution < 1.29 is 122 Å². The minimum Gasteiger partial charge on any atom is -0.492 e. The Kier molecular flexibility index (Phi) is 23.9. The number of allylic oxidation sites excluding steroid dienone is 6. The minimum atomic E-state index is -5.16. The van der Waals surface area contributed by atoms with Gasteiger partial charge in [-0.05, 0) is 91.9 Å². The smallest absolute Gasteiger partial charge is 0.335 e. The first-order valence-electron chi connectivity index (χ1n) is 28.0. The normalized spacial score (nSPS) is 17.9. The van der Waals surface area contributed by atoms with E-state index in [-0.39, 0.29) is 125 Å². The molecule has 500 valence electrons. The number of aromatic nitrogens is 1. The number of aromatic hydroxyl groups is 2. The Morgan fingerprint density at radius 2 is 1.07 bits per heavy atom. The highest BCUT2D eigenvalue weighted by molar-refractivity contribution is 7.87. The summed E-state index contributed by atoms with van der Waals surface area (Å²) in [7, 11) is -22.1. The number of rotatable bonds is 36. The second-order valence-electron chi connectivity index (χ2n) is 21.2. The summed E-state index contributed by atoms with van der Waals surface area (Å²) in [5.74, 6) is -2.55. The fourth-order valence-electron chi connectivity index (χ4n) is 11.1. The van der Waals surface area contributed by atoms with Crippen molar-refractivity contribution in [1.29, 1.82) is 0 Å². The molecule has 0 bridgehead atoms. The zero-order valence-corrected chi connectivity index (χ0v) is 53.9. The molecule has 0 amide bonds. The second kappa shape index (κ2) is 30.2. The van der Waals surface area contributed by atoms with Crippen molar-refractivity contribution in [2.45, 2.75) is 69.9 Å². The van der Waals surface area contributed by atoms with Gasteiger partial charge in [-0.15, -0.1) is 4.73 Å². The van der Waals surface area contributed by atoms with Crippen LogP contribution in [0.25, 0.3) is 21.5 Å². The SMILES string of the molecule is COCCOCCOCCOCCC1(C)C(=CC=CC=CC2=[N+](CCOC)c3ccc4c(S(=O)(=O)O)cc(S(=O)(=O)O)cc4c3C2(C)CCCS(=O)(=O)O)N(CCOCCOCCC(=O)On2c(O)ccc2O)c2ccc3c(S(=O)(=O)O)cc(S(=O)(=O)O)cc3c21. The first kappa shape index (κ1) is 72.1. The maximum atomic E-state index is 13.0. The molecule has 0 radical (unpaired) electrons. The van der Waals surface area contributed by atoms with E-state index in [0.29, 0.717) is 65.0 Å². The molecule has 3 heterocycles. The van der Waals surface area contributed by atoms with Gasteiger partial charge in [0.2, 0.25) is 17.4 Å². The van der Waals surface area contributed by atoms with Crippen molar-refractivity contribution in [2.24, 2.45) is 0 Å². The van der Waals surface area contributed by atoms with E-state index in [1.54, 1.807) is 62.0 Å². The number of nitrogens with zero attached hydrogens (tertiary/aromatic N) is 3. The molecule has 4 aromatic carbocycles. The Bertz CT molecular complexity index is 4200. The summed E-state index contributed by atoms with van der Waals surface area (Å²) < 4.78 is 220. The van der Waals surface area contributed by atoms with Crippen LogP contribution < -0.4 is 9.74 Å². The van der Waals surface area contributed by atoms with Gasteiger partial charge < -0.3 is 53.1 Å².